The second-order valence-corrected chi connectivity index (χ2v) is 2.92. The Morgan fingerprint density at radius 2 is 2.54 bits per heavy atom. The standard InChI is InChI=1S/C7H13N3O3/c8-13-7(12)10-4-5-2-1-3-9-6(5)11/h5H,1-4,8H2,(H,9,11)(H,10,12). The quantitative estimate of drug-likeness (QED) is 0.489. The Bertz CT molecular complexity index is 207. The van der Waals surface area contributed by atoms with E-state index in [1.165, 1.54) is 0 Å². The van der Waals surface area contributed by atoms with Crippen molar-refractivity contribution in [2.45, 2.75) is 12.8 Å². The molecule has 0 aliphatic carbocycles. The molecule has 1 saturated heterocycles. The molecule has 74 valence electrons. The minimum atomic E-state index is -0.710. The molecule has 1 heterocycles. The lowest BCUT2D eigenvalue weighted by Crippen LogP contribution is -2.43. The topological polar surface area (TPSA) is 93.4 Å². The number of rotatable bonds is 2. The van der Waals surface area contributed by atoms with E-state index < -0.39 is 6.09 Å². The number of hydrogen-bond donors (Lipinski definition) is 3. The molecule has 1 aliphatic rings. The monoisotopic (exact) mass is 187 g/mol. The number of nitrogens with two attached hydrogens (primary N) is 1. The lowest BCUT2D eigenvalue weighted by molar-refractivity contribution is -0.126. The number of amides is 2. The minimum Gasteiger partial charge on any atom is -0.357 e. The van der Waals surface area contributed by atoms with Crippen molar-refractivity contribution in [3.05, 3.63) is 0 Å². The van der Waals surface area contributed by atoms with Crippen LogP contribution in [0, 0.1) is 5.92 Å². The van der Waals surface area contributed by atoms with Gasteiger partial charge < -0.3 is 15.5 Å². The first-order valence-corrected chi connectivity index (χ1v) is 4.16. The van der Waals surface area contributed by atoms with Crippen LogP contribution in [0.3, 0.4) is 0 Å². The molecule has 1 atom stereocenters. The van der Waals surface area contributed by atoms with Gasteiger partial charge in [-0.2, -0.15) is 5.90 Å². The number of hydrogen-bond acceptors (Lipinski definition) is 4. The molecule has 0 aromatic carbocycles. The molecule has 1 unspecified atom stereocenters. The zero-order valence-electron chi connectivity index (χ0n) is 7.21. The predicted molar refractivity (Wildman–Crippen MR) is 44.4 cm³/mol. The van der Waals surface area contributed by atoms with Gasteiger partial charge in [-0.25, -0.2) is 4.79 Å². The van der Waals surface area contributed by atoms with Crippen molar-refractivity contribution in [1.29, 1.82) is 0 Å². The molecule has 0 saturated carbocycles. The first kappa shape index (κ1) is 9.79. The van der Waals surface area contributed by atoms with E-state index in [4.69, 9.17) is 0 Å². The van der Waals surface area contributed by atoms with Gasteiger partial charge in [0.25, 0.3) is 0 Å². The summed E-state index contributed by atoms with van der Waals surface area (Å²) >= 11 is 0. The van der Waals surface area contributed by atoms with Crippen molar-refractivity contribution in [3.8, 4) is 0 Å². The highest BCUT2D eigenvalue weighted by Crippen LogP contribution is 2.09. The fraction of sp³-hybridized carbons (Fsp3) is 0.714. The van der Waals surface area contributed by atoms with E-state index >= 15 is 0 Å². The molecule has 0 bridgehead atoms. The summed E-state index contributed by atoms with van der Waals surface area (Å²) in [5.41, 5.74) is 0. The Morgan fingerprint density at radius 1 is 1.77 bits per heavy atom. The molecule has 1 rings (SSSR count). The molecule has 6 heteroatoms. The van der Waals surface area contributed by atoms with Crippen LogP contribution in [0.15, 0.2) is 0 Å². The van der Waals surface area contributed by atoms with Gasteiger partial charge in [0.2, 0.25) is 5.91 Å². The van der Waals surface area contributed by atoms with E-state index in [1.54, 1.807) is 0 Å². The fourth-order valence-electron chi connectivity index (χ4n) is 1.28. The smallest absolute Gasteiger partial charge is 0.357 e. The summed E-state index contributed by atoms with van der Waals surface area (Å²) in [4.78, 5) is 25.6. The third kappa shape index (κ3) is 2.90. The maximum absolute atomic E-state index is 11.2. The van der Waals surface area contributed by atoms with Gasteiger partial charge in [-0.15, -0.1) is 0 Å². The van der Waals surface area contributed by atoms with Crippen LogP contribution >= 0.6 is 0 Å². The van der Waals surface area contributed by atoms with Crippen LogP contribution in [0.1, 0.15) is 12.8 Å². The summed E-state index contributed by atoms with van der Waals surface area (Å²) in [6.07, 6.45) is 1.02. The van der Waals surface area contributed by atoms with E-state index in [2.05, 4.69) is 21.4 Å². The summed E-state index contributed by atoms with van der Waals surface area (Å²) < 4.78 is 0. The minimum absolute atomic E-state index is 0.0245. The highest BCUT2D eigenvalue weighted by atomic mass is 16.7. The summed E-state index contributed by atoms with van der Waals surface area (Å²) in [5, 5.41) is 5.10. The Morgan fingerprint density at radius 3 is 3.15 bits per heavy atom. The Hall–Kier alpha value is -1.30. The number of carbonyl (C=O) groups is 2. The third-order valence-electron chi connectivity index (χ3n) is 2.00. The number of nitrogens with one attached hydrogen (secondary N) is 2. The van der Waals surface area contributed by atoms with E-state index in [-0.39, 0.29) is 18.4 Å². The van der Waals surface area contributed by atoms with Crippen LogP contribution in [-0.2, 0) is 9.63 Å². The SMILES string of the molecule is NOC(=O)NCC1CCCNC1=O. The summed E-state index contributed by atoms with van der Waals surface area (Å²) in [6, 6.07) is 0. The van der Waals surface area contributed by atoms with Gasteiger partial charge in [0.05, 0.1) is 5.92 Å². The highest BCUT2D eigenvalue weighted by molar-refractivity contribution is 5.80. The summed E-state index contributed by atoms with van der Waals surface area (Å²) in [6.45, 7) is 0.999. The first-order valence-electron chi connectivity index (χ1n) is 4.16. The van der Waals surface area contributed by atoms with Crippen LogP contribution in [0.5, 0.6) is 0 Å². The first-order chi connectivity index (χ1) is 6.24. The zero-order chi connectivity index (χ0) is 9.68. The molecular weight excluding hydrogens is 174 g/mol. The van der Waals surface area contributed by atoms with Crippen molar-refractivity contribution in [2.24, 2.45) is 11.8 Å². The van der Waals surface area contributed by atoms with Crippen molar-refractivity contribution in [3.63, 3.8) is 0 Å². The summed E-state index contributed by atoms with van der Waals surface area (Å²) in [7, 11) is 0. The van der Waals surface area contributed by atoms with Crippen molar-refractivity contribution < 1.29 is 14.4 Å². The average Bonchev–Trinajstić information content (AvgIpc) is 2.16. The highest BCUT2D eigenvalue weighted by Gasteiger charge is 2.22. The zero-order valence-corrected chi connectivity index (χ0v) is 7.21. The Kier molecular flexibility index (Phi) is 3.51. The lowest BCUT2D eigenvalue weighted by Gasteiger charge is -2.21. The molecular formula is C7H13N3O3. The maximum atomic E-state index is 11.2. The van der Waals surface area contributed by atoms with Gasteiger partial charge >= 0.3 is 6.09 Å². The third-order valence-corrected chi connectivity index (χ3v) is 2.00. The van der Waals surface area contributed by atoms with Crippen LogP contribution in [0.25, 0.3) is 0 Å². The van der Waals surface area contributed by atoms with Crippen LogP contribution in [-0.4, -0.2) is 25.1 Å². The second-order valence-electron chi connectivity index (χ2n) is 2.92. The van der Waals surface area contributed by atoms with Gasteiger partial charge in [0, 0.05) is 13.1 Å². The fourth-order valence-corrected chi connectivity index (χ4v) is 1.28. The molecule has 0 aromatic heterocycles. The van der Waals surface area contributed by atoms with Crippen LogP contribution in [0.4, 0.5) is 4.79 Å². The van der Waals surface area contributed by atoms with Gasteiger partial charge in [-0.05, 0) is 12.8 Å². The molecule has 1 fully saturated rings. The number of carbonyl (C=O) groups excluding carboxylic acids is 2. The summed E-state index contributed by atoms with van der Waals surface area (Å²) in [5.74, 6) is 4.43. The van der Waals surface area contributed by atoms with Crippen LogP contribution in [0.2, 0.25) is 0 Å². The van der Waals surface area contributed by atoms with Gasteiger partial charge in [0.1, 0.15) is 0 Å². The predicted octanol–water partition coefficient (Wildman–Crippen LogP) is -0.888. The van der Waals surface area contributed by atoms with Crippen molar-refractivity contribution in [1.82, 2.24) is 10.6 Å². The Balaban J connectivity index is 2.26. The molecule has 0 aromatic rings. The lowest BCUT2D eigenvalue weighted by atomic mass is 9.99. The van der Waals surface area contributed by atoms with Crippen molar-refractivity contribution in [2.75, 3.05) is 13.1 Å². The van der Waals surface area contributed by atoms with Gasteiger partial charge in [-0.1, -0.05) is 0 Å². The molecule has 13 heavy (non-hydrogen) atoms. The van der Waals surface area contributed by atoms with E-state index in [0.29, 0.717) is 0 Å². The average molecular weight is 187 g/mol. The largest absolute Gasteiger partial charge is 0.425 e. The van der Waals surface area contributed by atoms with Gasteiger partial charge in [-0.3, -0.25) is 4.79 Å². The molecule has 0 spiro atoms. The molecule has 2 amide bonds. The van der Waals surface area contributed by atoms with E-state index in [0.717, 1.165) is 19.4 Å². The molecule has 1 aliphatic heterocycles. The Labute approximate surface area is 75.8 Å². The molecule has 4 N–H and O–H groups in total. The van der Waals surface area contributed by atoms with E-state index in [9.17, 15) is 9.59 Å². The van der Waals surface area contributed by atoms with Crippen molar-refractivity contribution >= 4 is 12.0 Å². The maximum Gasteiger partial charge on any atom is 0.425 e. The van der Waals surface area contributed by atoms with E-state index in [1.807, 2.05) is 0 Å². The molecule has 6 nitrogen and oxygen atoms in total. The van der Waals surface area contributed by atoms with Gasteiger partial charge in [0.15, 0.2) is 0 Å². The number of piperidine rings is 1. The van der Waals surface area contributed by atoms with Crippen LogP contribution < -0.4 is 16.5 Å². The normalized spacial score (nSPS) is 21.9. The second kappa shape index (κ2) is 4.66. The molecule has 0 radical (unpaired) electrons.